The van der Waals surface area contributed by atoms with E-state index in [1.54, 1.807) is 6.92 Å². The first-order valence-corrected chi connectivity index (χ1v) is 6.70. The van der Waals surface area contributed by atoms with Crippen LogP contribution in [0.4, 0.5) is 4.79 Å². The summed E-state index contributed by atoms with van der Waals surface area (Å²) in [5.74, 6) is -0.252. The summed E-state index contributed by atoms with van der Waals surface area (Å²) in [6.07, 6.45) is 0.590. The predicted octanol–water partition coefficient (Wildman–Crippen LogP) is 1.19. The molecule has 2 N–H and O–H groups in total. The van der Waals surface area contributed by atoms with Crippen molar-refractivity contribution in [3.63, 3.8) is 0 Å². The van der Waals surface area contributed by atoms with Crippen molar-refractivity contribution < 1.29 is 19.1 Å². The fraction of sp³-hybridized carbons (Fsp3) is 0.846. The summed E-state index contributed by atoms with van der Waals surface area (Å²) in [6.45, 7) is 8.36. The lowest BCUT2D eigenvalue weighted by molar-refractivity contribution is -0.143. The minimum absolute atomic E-state index is 0.0911. The van der Waals surface area contributed by atoms with Crippen LogP contribution in [0.25, 0.3) is 0 Å². The first-order valence-electron chi connectivity index (χ1n) is 6.70. The maximum atomic E-state index is 11.7. The molecule has 0 spiro atoms. The van der Waals surface area contributed by atoms with Gasteiger partial charge in [-0.15, -0.1) is 0 Å². The zero-order valence-corrected chi connectivity index (χ0v) is 12.1. The summed E-state index contributed by atoms with van der Waals surface area (Å²) in [5.41, 5.74) is -0.521. The van der Waals surface area contributed by atoms with Gasteiger partial charge in [0, 0.05) is 12.1 Å². The van der Waals surface area contributed by atoms with Crippen LogP contribution in [-0.2, 0) is 14.3 Å². The van der Waals surface area contributed by atoms with E-state index in [0.717, 1.165) is 13.0 Å². The minimum atomic E-state index is -0.521. The summed E-state index contributed by atoms with van der Waals surface area (Å²) in [6, 6.07) is -0.189. The molecule has 0 aromatic heterocycles. The number of amides is 1. The topological polar surface area (TPSA) is 76.7 Å². The van der Waals surface area contributed by atoms with Gasteiger partial charge in [0.2, 0.25) is 0 Å². The quantitative estimate of drug-likeness (QED) is 0.752. The SMILES string of the molecule is CCOC(=O)C[C@@H]1NCC[C@H]1NC(=O)OC(C)(C)C. The molecule has 0 aromatic carbocycles. The van der Waals surface area contributed by atoms with Crippen molar-refractivity contribution in [3.05, 3.63) is 0 Å². The van der Waals surface area contributed by atoms with Crippen molar-refractivity contribution in [2.24, 2.45) is 0 Å². The van der Waals surface area contributed by atoms with Crippen LogP contribution in [0.1, 0.15) is 40.5 Å². The molecule has 0 aliphatic carbocycles. The number of nitrogens with one attached hydrogen (secondary N) is 2. The highest BCUT2D eigenvalue weighted by Gasteiger charge is 2.31. The molecule has 6 heteroatoms. The number of carbonyl (C=O) groups excluding carboxylic acids is 2. The van der Waals surface area contributed by atoms with Crippen LogP contribution in [0.2, 0.25) is 0 Å². The van der Waals surface area contributed by atoms with Crippen molar-refractivity contribution in [3.8, 4) is 0 Å². The molecule has 0 radical (unpaired) electrons. The molecule has 1 amide bonds. The van der Waals surface area contributed by atoms with E-state index in [-0.39, 0.29) is 24.5 Å². The van der Waals surface area contributed by atoms with Gasteiger partial charge in [0.1, 0.15) is 5.60 Å². The first-order chi connectivity index (χ1) is 8.81. The largest absolute Gasteiger partial charge is 0.466 e. The second kappa shape index (κ2) is 6.75. The third kappa shape index (κ3) is 5.92. The molecule has 1 saturated heterocycles. The average Bonchev–Trinajstić information content (AvgIpc) is 2.62. The molecule has 0 bridgehead atoms. The minimum Gasteiger partial charge on any atom is -0.466 e. The van der Waals surface area contributed by atoms with Crippen molar-refractivity contribution in [2.45, 2.75) is 58.2 Å². The number of rotatable bonds is 4. The van der Waals surface area contributed by atoms with Crippen LogP contribution in [0.3, 0.4) is 0 Å². The molecule has 1 aliphatic rings. The molecule has 110 valence electrons. The first kappa shape index (κ1) is 15.8. The van der Waals surface area contributed by atoms with Crippen LogP contribution in [0.15, 0.2) is 0 Å². The zero-order valence-electron chi connectivity index (χ0n) is 12.1. The molecule has 1 fully saturated rings. The Bertz CT molecular complexity index is 325. The molecule has 1 rings (SSSR count). The molecular weight excluding hydrogens is 248 g/mol. The average molecular weight is 272 g/mol. The van der Waals surface area contributed by atoms with E-state index in [2.05, 4.69) is 10.6 Å². The fourth-order valence-electron chi connectivity index (χ4n) is 2.01. The number of hydrogen-bond acceptors (Lipinski definition) is 5. The van der Waals surface area contributed by atoms with Gasteiger partial charge in [-0.3, -0.25) is 4.79 Å². The standard InChI is InChI=1S/C13H24N2O4/c1-5-18-11(16)8-10-9(6-7-14-10)15-12(17)19-13(2,3)4/h9-10,14H,5-8H2,1-4H3,(H,15,17)/t9-,10+/m1/s1. The van der Waals surface area contributed by atoms with E-state index in [0.29, 0.717) is 6.61 Å². The number of ether oxygens (including phenoxy) is 2. The Morgan fingerprint density at radius 3 is 2.63 bits per heavy atom. The van der Waals surface area contributed by atoms with Gasteiger partial charge in [0.05, 0.1) is 13.0 Å². The Labute approximate surface area is 114 Å². The molecule has 6 nitrogen and oxygen atoms in total. The Morgan fingerprint density at radius 1 is 1.37 bits per heavy atom. The van der Waals surface area contributed by atoms with Gasteiger partial charge in [-0.25, -0.2) is 4.79 Å². The van der Waals surface area contributed by atoms with Gasteiger partial charge in [-0.2, -0.15) is 0 Å². The molecule has 1 aliphatic heterocycles. The second-order valence-corrected chi connectivity index (χ2v) is 5.61. The number of carbonyl (C=O) groups is 2. The maximum Gasteiger partial charge on any atom is 0.407 e. The van der Waals surface area contributed by atoms with E-state index in [1.165, 1.54) is 0 Å². The summed E-state index contributed by atoms with van der Waals surface area (Å²) < 4.78 is 10.1. The van der Waals surface area contributed by atoms with E-state index < -0.39 is 11.7 Å². The van der Waals surface area contributed by atoms with Crippen molar-refractivity contribution in [2.75, 3.05) is 13.2 Å². The number of hydrogen-bond donors (Lipinski definition) is 2. The summed E-state index contributed by atoms with van der Waals surface area (Å²) in [5, 5.41) is 5.99. The normalized spacial score (nSPS) is 22.9. The van der Waals surface area contributed by atoms with Crippen LogP contribution in [0, 0.1) is 0 Å². The zero-order chi connectivity index (χ0) is 14.5. The van der Waals surface area contributed by atoms with Gasteiger partial charge in [0.25, 0.3) is 0 Å². The summed E-state index contributed by atoms with van der Waals surface area (Å²) in [7, 11) is 0. The van der Waals surface area contributed by atoms with Crippen LogP contribution < -0.4 is 10.6 Å². The third-order valence-electron chi connectivity index (χ3n) is 2.74. The third-order valence-corrected chi connectivity index (χ3v) is 2.74. The molecule has 19 heavy (non-hydrogen) atoms. The van der Waals surface area contributed by atoms with Crippen LogP contribution in [-0.4, -0.2) is 42.9 Å². The van der Waals surface area contributed by atoms with Gasteiger partial charge in [0.15, 0.2) is 0 Å². The number of alkyl carbamates (subject to hydrolysis) is 1. The highest BCUT2D eigenvalue weighted by Crippen LogP contribution is 2.13. The fourth-order valence-corrected chi connectivity index (χ4v) is 2.01. The summed E-state index contributed by atoms with van der Waals surface area (Å²) >= 11 is 0. The van der Waals surface area contributed by atoms with Crippen LogP contribution in [0.5, 0.6) is 0 Å². The highest BCUT2D eigenvalue weighted by atomic mass is 16.6. The maximum absolute atomic E-state index is 11.7. The van der Waals surface area contributed by atoms with Crippen molar-refractivity contribution >= 4 is 12.1 Å². The lowest BCUT2D eigenvalue weighted by Crippen LogP contribution is -2.46. The van der Waals surface area contributed by atoms with Gasteiger partial charge < -0.3 is 20.1 Å². The molecule has 0 saturated carbocycles. The van der Waals surface area contributed by atoms with E-state index in [1.807, 2.05) is 20.8 Å². The molecule has 0 aromatic rings. The van der Waals surface area contributed by atoms with Gasteiger partial charge in [-0.1, -0.05) is 0 Å². The predicted molar refractivity (Wildman–Crippen MR) is 70.8 cm³/mol. The second-order valence-electron chi connectivity index (χ2n) is 5.61. The molecular formula is C13H24N2O4. The van der Waals surface area contributed by atoms with E-state index >= 15 is 0 Å². The number of esters is 1. The van der Waals surface area contributed by atoms with Crippen LogP contribution >= 0.6 is 0 Å². The van der Waals surface area contributed by atoms with E-state index in [9.17, 15) is 9.59 Å². The Morgan fingerprint density at radius 2 is 2.05 bits per heavy atom. The Hall–Kier alpha value is -1.30. The lowest BCUT2D eigenvalue weighted by Gasteiger charge is -2.24. The molecule has 1 heterocycles. The lowest BCUT2D eigenvalue weighted by atomic mass is 10.1. The molecule has 2 atom stereocenters. The van der Waals surface area contributed by atoms with Gasteiger partial charge >= 0.3 is 12.1 Å². The smallest absolute Gasteiger partial charge is 0.407 e. The Balaban J connectivity index is 2.43. The Kier molecular flexibility index (Phi) is 5.60. The van der Waals surface area contributed by atoms with Crippen molar-refractivity contribution in [1.82, 2.24) is 10.6 Å². The summed E-state index contributed by atoms with van der Waals surface area (Å²) in [4.78, 5) is 23.1. The van der Waals surface area contributed by atoms with Crippen molar-refractivity contribution in [1.29, 1.82) is 0 Å². The monoisotopic (exact) mass is 272 g/mol. The van der Waals surface area contributed by atoms with E-state index in [4.69, 9.17) is 9.47 Å². The molecule has 0 unspecified atom stereocenters. The highest BCUT2D eigenvalue weighted by molar-refractivity contribution is 5.71. The van der Waals surface area contributed by atoms with Gasteiger partial charge in [-0.05, 0) is 40.7 Å².